The van der Waals surface area contributed by atoms with Crippen molar-refractivity contribution in [3.8, 4) is 11.4 Å². The summed E-state index contributed by atoms with van der Waals surface area (Å²) in [5.41, 5.74) is 1.25. The average Bonchev–Trinajstić information content (AvgIpc) is 3.12. The topological polar surface area (TPSA) is 85.4 Å². The van der Waals surface area contributed by atoms with E-state index >= 15 is 0 Å². The first kappa shape index (κ1) is 19.7. The molecule has 1 amide bonds. The van der Waals surface area contributed by atoms with Gasteiger partial charge >= 0.3 is 12.1 Å². The minimum Gasteiger partial charge on any atom is -0.329 e. The third kappa shape index (κ3) is 4.28. The van der Waals surface area contributed by atoms with Crippen LogP contribution in [0.25, 0.3) is 11.4 Å². The molecule has 1 unspecified atom stereocenters. The number of aryl methyl sites for hydroxylation is 1. The number of benzene rings is 2. The largest absolute Gasteiger partial charge is 0.471 e. The summed E-state index contributed by atoms with van der Waals surface area (Å²) in [6, 6.07) is 12.3. The molecule has 0 saturated carbocycles. The minimum absolute atomic E-state index is 0.130. The predicted octanol–water partition coefficient (Wildman–Crippen LogP) is 4.36. The number of rotatable bonds is 3. The molecule has 3 rings (SSSR count). The Hall–Kier alpha value is -3.01. The van der Waals surface area contributed by atoms with Crippen molar-refractivity contribution in [2.24, 2.45) is 4.36 Å². The van der Waals surface area contributed by atoms with E-state index in [2.05, 4.69) is 19.0 Å². The van der Waals surface area contributed by atoms with Gasteiger partial charge in [-0.3, -0.25) is 4.79 Å². The summed E-state index contributed by atoms with van der Waals surface area (Å²) in [6.45, 7) is 1.84. The zero-order valence-electron chi connectivity index (χ0n) is 14.7. The Morgan fingerprint density at radius 1 is 1.14 bits per heavy atom. The number of nitrogens with zero attached hydrogens (tertiary/aromatic N) is 3. The normalized spacial score (nSPS) is 13.8. The van der Waals surface area contributed by atoms with Crippen molar-refractivity contribution in [1.29, 1.82) is 0 Å². The first-order chi connectivity index (χ1) is 13.1. The second kappa shape index (κ2) is 7.19. The zero-order chi connectivity index (χ0) is 20.5. The van der Waals surface area contributed by atoms with E-state index in [9.17, 15) is 22.2 Å². The van der Waals surface area contributed by atoms with Crippen molar-refractivity contribution in [3.63, 3.8) is 0 Å². The molecule has 28 heavy (non-hydrogen) atoms. The van der Waals surface area contributed by atoms with Gasteiger partial charge in [-0.2, -0.15) is 22.5 Å². The number of carbonyl (C=O) groups excluding carboxylic acids is 1. The fraction of sp³-hybridized carbons (Fsp3) is 0.167. The zero-order valence-corrected chi connectivity index (χ0v) is 15.5. The van der Waals surface area contributed by atoms with Gasteiger partial charge in [0.2, 0.25) is 5.82 Å². The van der Waals surface area contributed by atoms with E-state index in [1.165, 1.54) is 30.5 Å². The van der Waals surface area contributed by atoms with Crippen molar-refractivity contribution >= 4 is 15.6 Å². The summed E-state index contributed by atoms with van der Waals surface area (Å²) in [6.07, 6.45) is -3.37. The van der Waals surface area contributed by atoms with E-state index in [4.69, 9.17) is 0 Å². The number of halogens is 3. The van der Waals surface area contributed by atoms with Crippen LogP contribution in [0.4, 0.5) is 13.2 Å². The molecular formula is C18H14F3N3O3S. The lowest BCUT2D eigenvalue weighted by Crippen LogP contribution is -2.05. The van der Waals surface area contributed by atoms with E-state index in [0.29, 0.717) is 4.90 Å². The lowest BCUT2D eigenvalue weighted by atomic mass is 10.1. The van der Waals surface area contributed by atoms with Crippen LogP contribution >= 0.6 is 0 Å². The van der Waals surface area contributed by atoms with Gasteiger partial charge in [-0.05, 0) is 36.8 Å². The van der Waals surface area contributed by atoms with Gasteiger partial charge in [-0.1, -0.05) is 29.4 Å². The molecule has 0 radical (unpaired) electrons. The summed E-state index contributed by atoms with van der Waals surface area (Å²) < 4.78 is 58.4. The van der Waals surface area contributed by atoms with Crippen molar-refractivity contribution in [2.45, 2.75) is 18.0 Å². The Bertz CT molecular complexity index is 1140. The maximum absolute atomic E-state index is 12.8. The lowest BCUT2D eigenvalue weighted by molar-refractivity contribution is -0.159. The second-order valence-corrected chi connectivity index (χ2v) is 8.27. The third-order valence-electron chi connectivity index (χ3n) is 3.74. The van der Waals surface area contributed by atoms with E-state index in [0.717, 1.165) is 5.56 Å². The first-order valence-corrected chi connectivity index (χ1v) is 9.83. The molecule has 0 bridgehead atoms. The van der Waals surface area contributed by atoms with Crippen LogP contribution in [0.1, 0.15) is 21.8 Å². The number of hydrogen-bond donors (Lipinski definition) is 0. The Morgan fingerprint density at radius 3 is 2.39 bits per heavy atom. The van der Waals surface area contributed by atoms with Crippen LogP contribution in [0.5, 0.6) is 0 Å². The van der Waals surface area contributed by atoms with E-state index in [1.807, 2.05) is 13.0 Å². The van der Waals surface area contributed by atoms with E-state index in [-0.39, 0.29) is 17.0 Å². The van der Waals surface area contributed by atoms with Crippen LogP contribution in [0.15, 0.2) is 62.3 Å². The number of hydrogen-bond acceptors (Lipinski definition) is 5. The van der Waals surface area contributed by atoms with Crippen LogP contribution in [0.3, 0.4) is 0 Å². The van der Waals surface area contributed by atoms with Gasteiger partial charge in [0.1, 0.15) is 0 Å². The molecule has 0 N–H and O–H groups in total. The molecule has 146 valence electrons. The monoisotopic (exact) mass is 409 g/mol. The fourth-order valence-corrected chi connectivity index (χ4v) is 3.60. The van der Waals surface area contributed by atoms with Crippen LogP contribution in [-0.4, -0.2) is 26.5 Å². The van der Waals surface area contributed by atoms with Crippen molar-refractivity contribution in [2.75, 3.05) is 6.26 Å². The van der Waals surface area contributed by atoms with Crippen LogP contribution in [0, 0.1) is 6.92 Å². The first-order valence-electron chi connectivity index (χ1n) is 7.91. The molecule has 0 spiro atoms. The van der Waals surface area contributed by atoms with Gasteiger partial charge in [0.15, 0.2) is 0 Å². The molecule has 2 aromatic carbocycles. The van der Waals surface area contributed by atoms with E-state index < -0.39 is 27.7 Å². The fourth-order valence-electron chi connectivity index (χ4n) is 2.33. The van der Waals surface area contributed by atoms with Gasteiger partial charge in [-0.15, -0.1) is 0 Å². The molecular weight excluding hydrogens is 395 g/mol. The number of amides is 1. The minimum atomic E-state index is -4.74. The Morgan fingerprint density at radius 2 is 1.82 bits per heavy atom. The third-order valence-corrected chi connectivity index (χ3v) is 5.39. The SMILES string of the molecule is Cc1cccc(S(C)(=O)=NC(=O)c2ccc(-c3noc(C(F)(F)F)n3)cc2)c1. The van der Waals surface area contributed by atoms with Crippen molar-refractivity contribution in [3.05, 3.63) is 65.5 Å². The van der Waals surface area contributed by atoms with Crippen molar-refractivity contribution in [1.82, 2.24) is 10.1 Å². The highest BCUT2D eigenvalue weighted by molar-refractivity contribution is 7.93. The smallest absolute Gasteiger partial charge is 0.329 e. The Balaban J connectivity index is 1.86. The van der Waals surface area contributed by atoms with Gasteiger partial charge in [0.25, 0.3) is 5.91 Å². The summed E-state index contributed by atoms with van der Waals surface area (Å²) >= 11 is 0. The molecule has 10 heteroatoms. The highest BCUT2D eigenvalue weighted by atomic mass is 32.2. The standard InChI is InChI=1S/C18H14F3N3O3S/c1-11-4-3-5-14(10-11)28(2,26)24-16(25)13-8-6-12(7-9-13)15-22-17(27-23-15)18(19,20)21/h3-10H,1-2H3. The molecule has 0 saturated heterocycles. The number of alkyl halides is 3. The highest BCUT2D eigenvalue weighted by Crippen LogP contribution is 2.29. The number of carbonyl (C=O) groups is 1. The van der Waals surface area contributed by atoms with Crippen molar-refractivity contribution < 1.29 is 26.7 Å². The maximum Gasteiger partial charge on any atom is 0.471 e. The molecule has 1 atom stereocenters. The van der Waals surface area contributed by atoms with Gasteiger partial charge < -0.3 is 4.52 Å². The molecule has 1 heterocycles. The summed E-state index contributed by atoms with van der Waals surface area (Å²) in [5, 5.41) is 3.27. The van der Waals surface area contributed by atoms with Gasteiger partial charge in [-0.25, -0.2) is 4.21 Å². The molecule has 6 nitrogen and oxygen atoms in total. The quantitative estimate of drug-likeness (QED) is 0.642. The summed E-state index contributed by atoms with van der Waals surface area (Å²) in [4.78, 5) is 16.1. The maximum atomic E-state index is 12.8. The van der Waals surface area contributed by atoms with E-state index in [1.54, 1.807) is 18.2 Å². The van der Waals surface area contributed by atoms with Gasteiger partial charge in [0, 0.05) is 22.3 Å². The lowest BCUT2D eigenvalue weighted by Gasteiger charge is -2.05. The molecule has 0 fully saturated rings. The van der Waals surface area contributed by atoms with Gasteiger partial charge in [0.05, 0.1) is 9.73 Å². The highest BCUT2D eigenvalue weighted by Gasteiger charge is 2.38. The molecule has 1 aromatic heterocycles. The summed E-state index contributed by atoms with van der Waals surface area (Å²) in [7, 11) is -2.94. The van der Waals surface area contributed by atoms with Crippen LogP contribution in [-0.2, 0) is 15.9 Å². The molecule has 0 aliphatic carbocycles. The molecule has 0 aliphatic heterocycles. The Labute approximate surface area is 158 Å². The summed E-state index contributed by atoms with van der Waals surface area (Å²) in [5.74, 6) is -2.42. The molecule has 3 aromatic rings. The van der Waals surface area contributed by atoms with Crippen LogP contribution < -0.4 is 0 Å². The molecule has 0 aliphatic rings. The predicted molar refractivity (Wildman–Crippen MR) is 95.0 cm³/mol. The van der Waals surface area contributed by atoms with Crippen LogP contribution in [0.2, 0.25) is 0 Å². The Kier molecular flexibility index (Phi) is 5.07. The number of aromatic nitrogens is 2. The second-order valence-electron chi connectivity index (χ2n) is 6.01. The average molecular weight is 409 g/mol.